The van der Waals surface area contributed by atoms with E-state index in [0.717, 1.165) is 25.9 Å². The van der Waals surface area contributed by atoms with E-state index < -0.39 is 0 Å². The maximum atomic E-state index is 4.24. The lowest BCUT2D eigenvalue weighted by Crippen LogP contribution is -2.10. The molecule has 102 valence electrons. The molecule has 0 aliphatic rings. The highest BCUT2D eigenvalue weighted by Gasteiger charge is 2.19. The third kappa shape index (κ3) is 3.51. The minimum atomic E-state index is 0.0593. The predicted molar refractivity (Wildman–Crippen MR) is 82.6 cm³/mol. The monoisotopic (exact) mass is 340 g/mol. The number of nitrogens with one attached hydrogen (secondary N) is 1. The SMILES string of the molecule is Cc1nccc(NCc2nnc(C(C)(C)C)s2)c1Br. The maximum Gasteiger partial charge on any atom is 0.136 e. The van der Waals surface area contributed by atoms with E-state index in [2.05, 4.69) is 57.2 Å². The molecule has 0 fully saturated rings. The summed E-state index contributed by atoms with van der Waals surface area (Å²) in [6, 6.07) is 1.95. The lowest BCUT2D eigenvalue weighted by atomic mass is 9.98. The Labute approximate surface area is 125 Å². The van der Waals surface area contributed by atoms with Gasteiger partial charge in [-0.1, -0.05) is 32.1 Å². The normalized spacial score (nSPS) is 11.6. The third-order valence-corrected chi connectivity index (χ3v) is 4.95. The van der Waals surface area contributed by atoms with Gasteiger partial charge in [0.15, 0.2) is 0 Å². The van der Waals surface area contributed by atoms with E-state index in [0.29, 0.717) is 6.54 Å². The van der Waals surface area contributed by atoms with Crippen LogP contribution in [0, 0.1) is 6.92 Å². The smallest absolute Gasteiger partial charge is 0.136 e. The van der Waals surface area contributed by atoms with Gasteiger partial charge in [-0.05, 0) is 28.9 Å². The number of aryl methyl sites for hydroxylation is 1. The van der Waals surface area contributed by atoms with Gasteiger partial charge in [0.25, 0.3) is 0 Å². The van der Waals surface area contributed by atoms with E-state index in [-0.39, 0.29) is 5.41 Å². The van der Waals surface area contributed by atoms with Crippen LogP contribution >= 0.6 is 27.3 Å². The second kappa shape index (κ2) is 5.54. The first-order valence-electron chi connectivity index (χ1n) is 6.06. The Bertz CT molecular complexity index is 574. The third-order valence-electron chi connectivity index (χ3n) is 2.60. The average Bonchev–Trinajstić information content (AvgIpc) is 2.79. The topological polar surface area (TPSA) is 50.7 Å². The molecule has 0 atom stereocenters. The molecule has 2 aromatic heterocycles. The fourth-order valence-electron chi connectivity index (χ4n) is 1.48. The van der Waals surface area contributed by atoms with Gasteiger partial charge in [0.05, 0.1) is 22.4 Å². The molecule has 19 heavy (non-hydrogen) atoms. The highest BCUT2D eigenvalue weighted by Crippen LogP contribution is 2.27. The van der Waals surface area contributed by atoms with Gasteiger partial charge >= 0.3 is 0 Å². The molecule has 0 aromatic carbocycles. The second-order valence-electron chi connectivity index (χ2n) is 5.36. The molecule has 0 saturated carbocycles. The molecule has 2 rings (SSSR count). The Morgan fingerprint density at radius 3 is 2.68 bits per heavy atom. The zero-order valence-electron chi connectivity index (χ0n) is 11.5. The molecular formula is C13H17BrN4S. The number of halogens is 1. The van der Waals surface area contributed by atoms with Crippen molar-refractivity contribution in [2.75, 3.05) is 5.32 Å². The number of hydrogen-bond donors (Lipinski definition) is 1. The van der Waals surface area contributed by atoms with Crippen molar-refractivity contribution in [1.82, 2.24) is 15.2 Å². The molecule has 6 heteroatoms. The molecule has 2 heterocycles. The Morgan fingerprint density at radius 1 is 1.32 bits per heavy atom. The quantitative estimate of drug-likeness (QED) is 0.920. The Balaban J connectivity index is 2.07. The minimum absolute atomic E-state index is 0.0593. The van der Waals surface area contributed by atoms with Crippen LogP contribution in [0.2, 0.25) is 0 Å². The van der Waals surface area contributed by atoms with Crippen LogP contribution in [0.25, 0.3) is 0 Å². The summed E-state index contributed by atoms with van der Waals surface area (Å²) in [5.74, 6) is 0. The van der Waals surface area contributed by atoms with Gasteiger partial charge in [-0.3, -0.25) is 4.98 Å². The van der Waals surface area contributed by atoms with Gasteiger partial charge in [0.2, 0.25) is 0 Å². The van der Waals surface area contributed by atoms with Crippen LogP contribution in [-0.2, 0) is 12.0 Å². The minimum Gasteiger partial charge on any atom is -0.377 e. The molecule has 0 spiro atoms. The number of anilines is 1. The van der Waals surface area contributed by atoms with Crippen molar-refractivity contribution in [2.24, 2.45) is 0 Å². The van der Waals surface area contributed by atoms with Crippen molar-refractivity contribution in [3.63, 3.8) is 0 Å². The molecule has 1 N–H and O–H groups in total. The van der Waals surface area contributed by atoms with Gasteiger partial charge in [-0.15, -0.1) is 10.2 Å². The number of nitrogens with zero attached hydrogens (tertiary/aromatic N) is 3. The summed E-state index contributed by atoms with van der Waals surface area (Å²) in [5, 5.41) is 13.9. The molecule has 0 unspecified atom stereocenters. The van der Waals surface area contributed by atoms with Gasteiger partial charge in [0, 0.05) is 11.6 Å². The van der Waals surface area contributed by atoms with Crippen LogP contribution in [0.15, 0.2) is 16.7 Å². The molecular weight excluding hydrogens is 324 g/mol. The Kier molecular flexibility index (Phi) is 4.20. The summed E-state index contributed by atoms with van der Waals surface area (Å²) in [6.45, 7) is 9.09. The lowest BCUT2D eigenvalue weighted by molar-refractivity contribution is 0.578. The van der Waals surface area contributed by atoms with E-state index >= 15 is 0 Å². The van der Waals surface area contributed by atoms with Crippen LogP contribution in [-0.4, -0.2) is 15.2 Å². The number of pyridine rings is 1. The van der Waals surface area contributed by atoms with E-state index in [9.17, 15) is 0 Å². The first kappa shape index (κ1) is 14.4. The number of hydrogen-bond acceptors (Lipinski definition) is 5. The Hall–Kier alpha value is -1.01. The molecule has 4 nitrogen and oxygen atoms in total. The summed E-state index contributed by atoms with van der Waals surface area (Å²) in [7, 11) is 0. The van der Waals surface area contributed by atoms with Gasteiger partial charge in [0.1, 0.15) is 10.0 Å². The summed E-state index contributed by atoms with van der Waals surface area (Å²) < 4.78 is 0.996. The zero-order valence-corrected chi connectivity index (χ0v) is 13.9. The fourth-order valence-corrected chi connectivity index (χ4v) is 2.70. The first-order chi connectivity index (χ1) is 8.88. The van der Waals surface area contributed by atoms with E-state index in [1.807, 2.05) is 13.0 Å². The van der Waals surface area contributed by atoms with Gasteiger partial charge < -0.3 is 5.32 Å². The molecule has 0 radical (unpaired) electrons. The second-order valence-corrected chi connectivity index (χ2v) is 7.22. The summed E-state index contributed by atoms with van der Waals surface area (Å²) in [4.78, 5) is 4.22. The van der Waals surface area contributed by atoms with Crippen molar-refractivity contribution >= 4 is 33.0 Å². The molecule has 0 aliphatic carbocycles. The van der Waals surface area contributed by atoms with Crippen molar-refractivity contribution in [1.29, 1.82) is 0 Å². The standard InChI is InChI=1S/C13H17BrN4S/c1-8-11(14)9(5-6-15-8)16-7-10-17-18-12(19-10)13(2,3)4/h5-6H,7H2,1-4H3,(H,15,16). The molecule has 0 aliphatic heterocycles. The average molecular weight is 341 g/mol. The van der Waals surface area contributed by atoms with Crippen LogP contribution in [0.5, 0.6) is 0 Å². The highest BCUT2D eigenvalue weighted by atomic mass is 79.9. The predicted octanol–water partition coefficient (Wildman–Crippen LogP) is 3.91. The largest absolute Gasteiger partial charge is 0.377 e. The van der Waals surface area contributed by atoms with E-state index in [1.54, 1.807) is 17.5 Å². The van der Waals surface area contributed by atoms with Gasteiger partial charge in [-0.2, -0.15) is 0 Å². The first-order valence-corrected chi connectivity index (χ1v) is 7.66. The van der Waals surface area contributed by atoms with E-state index in [1.165, 1.54) is 0 Å². The molecule has 0 amide bonds. The van der Waals surface area contributed by atoms with Crippen molar-refractivity contribution in [3.05, 3.63) is 32.4 Å². The summed E-state index contributed by atoms with van der Waals surface area (Å²) in [6.07, 6.45) is 1.79. The zero-order chi connectivity index (χ0) is 14.0. The van der Waals surface area contributed by atoms with Gasteiger partial charge in [-0.25, -0.2) is 0 Å². The van der Waals surface area contributed by atoms with Crippen molar-refractivity contribution in [3.8, 4) is 0 Å². The van der Waals surface area contributed by atoms with E-state index in [4.69, 9.17) is 0 Å². The van der Waals surface area contributed by atoms with Crippen molar-refractivity contribution in [2.45, 2.75) is 39.7 Å². The number of rotatable bonds is 3. The lowest BCUT2D eigenvalue weighted by Gasteiger charge is -2.12. The Morgan fingerprint density at radius 2 is 2.05 bits per heavy atom. The van der Waals surface area contributed by atoms with Crippen LogP contribution in [0.1, 0.15) is 36.5 Å². The van der Waals surface area contributed by atoms with Crippen LogP contribution < -0.4 is 5.32 Å². The number of aromatic nitrogens is 3. The molecule has 0 bridgehead atoms. The highest BCUT2D eigenvalue weighted by molar-refractivity contribution is 9.10. The molecule has 0 saturated heterocycles. The van der Waals surface area contributed by atoms with Crippen molar-refractivity contribution < 1.29 is 0 Å². The van der Waals surface area contributed by atoms with Crippen LogP contribution in [0.3, 0.4) is 0 Å². The maximum absolute atomic E-state index is 4.24. The van der Waals surface area contributed by atoms with Crippen LogP contribution in [0.4, 0.5) is 5.69 Å². The molecule has 2 aromatic rings. The fraction of sp³-hybridized carbons (Fsp3) is 0.462. The summed E-state index contributed by atoms with van der Waals surface area (Å²) in [5.41, 5.74) is 2.06. The summed E-state index contributed by atoms with van der Waals surface area (Å²) >= 11 is 5.19.